The van der Waals surface area contributed by atoms with Crippen molar-refractivity contribution in [1.82, 2.24) is 15.1 Å². The van der Waals surface area contributed by atoms with Gasteiger partial charge in [-0.15, -0.1) is 0 Å². The number of nitrogens with zero attached hydrogens (tertiary/aromatic N) is 2. The van der Waals surface area contributed by atoms with Gasteiger partial charge >= 0.3 is 12.0 Å². The highest BCUT2D eigenvalue weighted by Gasteiger charge is 2.36. The van der Waals surface area contributed by atoms with Crippen LogP contribution in [0.3, 0.4) is 0 Å². The lowest BCUT2D eigenvalue weighted by Gasteiger charge is -2.44. The second-order valence-electron chi connectivity index (χ2n) is 7.34. The molecule has 1 aromatic carbocycles. The topological polar surface area (TPSA) is 82.1 Å². The van der Waals surface area contributed by atoms with Crippen molar-refractivity contribution < 1.29 is 19.4 Å². The van der Waals surface area contributed by atoms with Gasteiger partial charge in [0, 0.05) is 18.6 Å². The van der Waals surface area contributed by atoms with Crippen LogP contribution in [0.2, 0.25) is 0 Å². The molecular formula is C20H29N3O4. The van der Waals surface area contributed by atoms with Gasteiger partial charge in [0.2, 0.25) is 0 Å². The number of amides is 2. The smallest absolute Gasteiger partial charge is 0.318 e. The van der Waals surface area contributed by atoms with Crippen molar-refractivity contribution in [2.45, 2.75) is 44.3 Å². The number of benzene rings is 1. The Labute approximate surface area is 160 Å². The number of carbonyl (C=O) groups excluding carboxylic acids is 1. The molecule has 1 aliphatic carbocycles. The van der Waals surface area contributed by atoms with E-state index in [2.05, 4.69) is 17.4 Å². The third-order valence-electron chi connectivity index (χ3n) is 5.50. The highest BCUT2D eigenvalue weighted by Crippen LogP contribution is 2.26. The van der Waals surface area contributed by atoms with Crippen LogP contribution in [-0.4, -0.2) is 77.9 Å². The number of carboxylic acid groups (broad SMARTS) is 1. The molecule has 3 rings (SSSR count). The van der Waals surface area contributed by atoms with Crippen LogP contribution < -0.4 is 5.32 Å². The molecule has 2 amide bonds. The molecule has 27 heavy (non-hydrogen) atoms. The molecule has 1 aromatic rings. The van der Waals surface area contributed by atoms with E-state index in [0.29, 0.717) is 26.3 Å². The van der Waals surface area contributed by atoms with Crippen LogP contribution in [0.25, 0.3) is 0 Å². The lowest BCUT2D eigenvalue weighted by atomic mass is 9.85. The van der Waals surface area contributed by atoms with Gasteiger partial charge < -0.3 is 20.1 Å². The highest BCUT2D eigenvalue weighted by atomic mass is 16.5. The number of urea groups is 1. The summed E-state index contributed by atoms with van der Waals surface area (Å²) in [7, 11) is 0. The minimum Gasteiger partial charge on any atom is -0.480 e. The van der Waals surface area contributed by atoms with E-state index >= 15 is 0 Å². The van der Waals surface area contributed by atoms with Gasteiger partial charge in [0.05, 0.1) is 25.8 Å². The van der Waals surface area contributed by atoms with Crippen molar-refractivity contribution in [2.24, 2.45) is 0 Å². The van der Waals surface area contributed by atoms with Crippen molar-refractivity contribution in [3.05, 3.63) is 35.9 Å². The molecule has 2 fully saturated rings. The third kappa shape index (κ3) is 5.20. The Hall–Kier alpha value is -2.12. The average Bonchev–Trinajstić information content (AvgIpc) is 2.63. The first kappa shape index (κ1) is 19.6. The summed E-state index contributed by atoms with van der Waals surface area (Å²) in [5.74, 6) is -0.804. The third-order valence-corrected chi connectivity index (χ3v) is 5.50. The molecule has 1 saturated heterocycles. The van der Waals surface area contributed by atoms with Crippen LogP contribution in [0.1, 0.15) is 25.3 Å². The van der Waals surface area contributed by atoms with Crippen molar-refractivity contribution in [3.63, 3.8) is 0 Å². The molecule has 0 spiro atoms. The Balaban J connectivity index is 1.50. The number of morpholine rings is 1. The normalized spacial score (nSPS) is 25.1. The summed E-state index contributed by atoms with van der Waals surface area (Å²) in [5, 5.41) is 12.1. The summed E-state index contributed by atoms with van der Waals surface area (Å²) >= 11 is 0. The van der Waals surface area contributed by atoms with Crippen molar-refractivity contribution in [2.75, 3.05) is 32.8 Å². The Bertz CT molecular complexity index is 633. The van der Waals surface area contributed by atoms with Gasteiger partial charge in [-0.3, -0.25) is 9.69 Å². The minimum absolute atomic E-state index is 0.0380. The molecule has 0 radical (unpaired) electrons. The zero-order chi connectivity index (χ0) is 19.2. The molecule has 2 N–H and O–H groups in total. The first-order chi connectivity index (χ1) is 13.1. The number of nitrogens with one attached hydrogen (secondary N) is 1. The second kappa shape index (κ2) is 9.19. The van der Waals surface area contributed by atoms with Gasteiger partial charge in [-0.1, -0.05) is 37.3 Å². The number of hydrogen-bond acceptors (Lipinski definition) is 4. The van der Waals surface area contributed by atoms with Gasteiger partial charge in [-0.2, -0.15) is 0 Å². The molecule has 148 valence electrons. The quantitative estimate of drug-likeness (QED) is 0.756. The first-order valence-corrected chi connectivity index (χ1v) is 9.71. The summed E-state index contributed by atoms with van der Waals surface area (Å²) in [5.41, 5.74) is 1.20. The first-order valence-electron chi connectivity index (χ1n) is 9.71. The van der Waals surface area contributed by atoms with E-state index in [9.17, 15) is 9.59 Å². The molecular weight excluding hydrogens is 346 g/mol. The minimum atomic E-state index is -0.804. The van der Waals surface area contributed by atoms with E-state index in [0.717, 1.165) is 19.3 Å². The number of carboxylic acids is 1. The zero-order valence-corrected chi connectivity index (χ0v) is 15.8. The molecule has 2 aliphatic rings. The largest absolute Gasteiger partial charge is 0.480 e. The zero-order valence-electron chi connectivity index (χ0n) is 15.8. The fraction of sp³-hybridized carbons (Fsp3) is 0.600. The molecule has 1 aliphatic heterocycles. The summed E-state index contributed by atoms with van der Waals surface area (Å²) in [6.45, 7) is 4.45. The SMILES string of the molecule is CCN(CC(=O)O)C1CC(NC(=O)N2CCOCC2Cc2ccccc2)C1. The summed E-state index contributed by atoms with van der Waals surface area (Å²) in [6.07, 6.45) is 2.39. The predicted molar refractivity (Wildman–Crippen MR) is 102 cm³/mol. The lowest BCUT2D eigenvalue weighted by molar-refractivity contribution is -0.139. The molecule has 0 aromatic heterocycles. The average molecular weight is 375 g/mol. The number of hydrogen-bond donors (Lipinski definition) is 2. The summed E-state index contributed by atoms with van der Waals surface area (Å²) in [6, 6.07) is 10.5. The summed E-state index contributed by atoms with van der Waals surface area (Å²) < 4.78 is 5.60. The van der Waals surface area contributed by atoms with Crippen LogP contribution >= 0.6 is 0 Å². The van der Waals surface area contributed by atoms with Crippen LogP contribution in [0.5, 0.6) is 0 Å². The van der Waals surface area contributed by atoms with Crippen LogP contribution in [0.15, 0.2) is 30.3 Å². The molecule has 0 bridgehead atoms. The van der Waals surface area contributed by atoms with Crippen LogP contribution in [0.4, 0.5) is 4.79 Å². The van der Waals surface area contributed by atoms with Gasteiger partial charge in [-0.05, 0) is 31.4 Å². The van der Waals surface area contributed by atoms with Gasteiger partial charge in [0.15, 0.2) is 0 Å². The maximum Gasteiger partial charge on any atom is 0.318 e. The van der Waals surface area contributed by atoms with E-state index in [1.807, 2.05) is 34.9 Å². The Kier molecular flexibility index (Phi) is 6.68. The maximum atomic E-state index is 12.8. The molecule has 1 heterocycles. The number of aliphatic carboxylic acids is 1. The van der Waals surface area contributed by atoms with E-state index in [-0.39, 0.29) is 30.7 Å². The van der Waals surface area contributed by atoms with Gasteiger partial charge in [0.1, 0.15) is 0 Å². The lowest BCUT2D eigenvalue weighted by Crippen LogP contribution is -2.59. The summed E-state index contributed by atoms with van der Waals surface area (Å²) in [4.78, 5) is 27.6. The molecule has 1 atom stereocenters. The van der Waals surface area contributed by atoms with E-state index in [1.54, 1.807) is 0 Å². The Morgan fingerprint density at radius 3 is 2.70 bits per heavy atom. The Morgan fingerprint density at radius 1 is 1.30 bits per heavy atom. The van der Waals surface area contributed by atoms with Crippen molar-refractivity contribution in [1.29, 1.82) is 0 Å². The van der Waals surface area contributed by atoms with Crippen LogP contribution in [0, 0.1) is 0 Å². The fourth-order valence-corrected chi connectivity index (χ4v) is 3.91. The number of ether oxygens (including phenoxy) is 1. The highest BCUT2D eigenvalue weighted by molar-refractivity contribution is 5.75. The second-order valence-corrected chi connectivity index (χ2v) is 7.34. The van der Waals surface area contributed by atoms with E-state index in [1.165, 1.54) is 5.56 Å². The maximum absolute atomic E-state index is 12.8. The number of likely N-dealkylation sites (N-methyl/N-ethyl adjacent to an activating group) is 1. The number of carbonyl (C=O) groups is 2. The molecule has 7 nitrogen and oxygen atoms in total. The Morgan fingerprint density at radius 2 is 2.04 bits per heavy atom. The fourth-order valence-electron chi connectivity index (χ4n) is 3.91. The monoisotopic (exact) mass is 375 g/mol. The van der Waals surface area contributed by atoms with E-state index < -0.39 is 5.97 Å². The van der Waals surface area contributed by atoms with Gasteiger partial charge in [-0.25, -0.2) is 4.79 Å². The standard InChI is InChI=1S/C20H29N3O4/c1-2-22(13-19(24)25)17-11-16(12-17)21-20(26)23-8-9-27-14-18(23)10-15-6-4-3-5-7-15/h3-7,16-18H,2,8-14H2,1H3,(H,21,26)(H,24,25). The number of rotatable bonds is 7. The molecule has 1 unspecified atom stereocenters. The van der Waals surface area contributed by atoms with E-state index in [4.69, 9.17) is 9.84 Å². The van der Waals surface area contributed by atoms with Crippen LogP contribution in [-0.2, 0) is 16.0 Å². The molecule has 7 heteroatoms. The predicted octanol–water partition coefficient (Wildman–Crippen LogP) is 1.58. The molecule has 1 saturated carbocycles. The van der Waals surface area contributed by atoms with Gasteiger partial charge in [0.25, 0.3) is 0 Å². The van der Waals surface area contributed by atoms with Crippen molar-refractivity contribution >= 4 is 12.0 Å². The van der Waals surface area contributed by atoms with Crippen molar-refractivity contribution in [3.8, 4) is 0 Å².